The number of allylic oxidation sites excluding steroid dienone is 3. The Labute approximate surface area is 181 Å². The van der Waals surface area contributed by atoms with Gasteiger partial charge in [-0.3, -0.25) is 5.10 Å². The average molecular weight is 437 g/mol. The lowest BCUT2D eigenvalue weighted by Crippen LogP contribution is -2.36. The first-order valence-electron chi connectivity index (χ1n) is 10.4. The molecule has 8 heteroatoms. The minimum atomic E-state index is -3.34. The maximum atomic E-state index is 13.0. The number of para-hydroxylation sites is 1. The molecule has 1 N–H and O–H groups in total. The summed E-state index contributed by atoms with van der Waals surface area (Å²) in [5.41, 5.74) is 4.19. The minimum absolute atomic E-state index is 0.435. The molecule has 7 nitrogen and oxygen atoms in total. The van der Waals surface area contributed by atoms with Crippen LogP contribution < -0.4 is 4.74 Å². The number of nitrogens with zero attached hydrogens (tertiary/aromatic N) is 3. The molecule has 0 bridgehead atoms. The number of pyridine rings is 1. The van der Waals surface area contributed by atoms with Gasteiger partial charge in [0, 0.05) is 30.2 Å². The Kier molecular flexibility index (Phi) is 5.11. The molecule has 1 fully saturated rings. The van der Waals surface area contributed by atoms with Gasteiger partial charge < -0.3 is 4.74 Å². The number of sulfonamides is 1. The minimum Gasteiger partial charge on any atom is -0.496 e. The molecular formula is C23H24N4O3S. The van der Waals surface area contributed by atoms with Gasteiger partial charge in [0.1, 0.15) is 5.75 Å². The first-order valence-corrected chi connectivity index (χ1v) is 11.9. The highest BCUT2D eigenvalue weighted by molar-refractivity contribution is 7.89. The Morgan fingerprint density at radius 1 is 1.19 bits per heavy atom. The van der Waals surface area contributed by atoms with E-state index in [1.54, 1.807) is 23.7 Å². The standard InChI is InChI=1S/C23H24N4O3S/c1-30-21-10-3-2-9-19(21)22-20-14-17(15-24-23(20)26-25-22)16-7-6-8-18(13-16)31(28,29)27-11-4-5-12-27/h2-3,6-10,14-15,18H,4-5,11-13H2,1H3,(H,24,25,26). The smallest absolute Gasteiger partial charge is 0.220 e. The van der Waals surface area contributed by atoms with Crippen LogP contribution in [0.15, 0.2) is 54.8 Å². The highest BCUT2D eigenvalue weighted by Gasteiger charge is 2.33. The van der Waals surface area contributed by atoms with Crippen molar-refractivity contribution in [2.45, 2.75) is 24.5 Å². The van der Waals surface area contributed by atoms with Gasteiger partial charge in [-0.05, 0) is 48.6 Å². The van der Waals surface area contributed by atoms with Crippen LogP contribution in [0.5, 0.6) is 5.75 Å². The summed E-state index contributed by atoms with van der Waals surface area (Å²) in [5, 5.41) is 7.74. The third kappa shape index (κ3) is 3.55. The van der Waals surface area contributed by atoms with Gasteiger partial charge in [-0.2, -0.15) is 5.10 Å². The van der Waals surface area contributed by atoms with Crippen LogP contribution >= 0.6 is 0 Å². The molecule has 1 aliphatic carbocycles. The molecule has 1 aliphatic heterocycles. The van der Waals surface area contributed by atoms with Crippen molar-refractivity contribution in [2.24, 2.45) is 0 Å². The number of aromatic nitrogens is 3. The number of ether oxygens (including phenoxy) is 1. The van der Waals surface area contributed by atoms with Crippen LogP contribution in [0.25, 0.3) is 27.9 Å². The molecule has 3 aromatic rings. The van der Waals surface area contributed by atoms with Crippen molar-refractivity contribution < 1.29 is 13.2 Å². The highest BCUT2D eigenvalue weighted by Crippen LogP contribution is 2.35. The molecule has 0 spiro atoms. The SMILES string of the molecule is COc1ccccc1-c1[nH]nc2ncc(C3=CC=CC(S(=O)(=O)N4CCCC4)C3)cc12. The number of aromatic amines is 1. The fourth-order valence-corrected chi connectivity index (χ4v) is 6.16. The lowest BCUT2D eigenvalue weighted by Gasteiger charge is -2.24. The van der Waals surface area contributed by atoms with Gasteiger partial charge in [0.05, 0.1) is 18.1 Å². The van der Waals surface area contributed by atoms with Crippen LogP contribution in [0.2, 0.25) is 0 Å². The second kappa shape index (κ2) is 7.94. The van der Waals surface area contributed by atoms with E-state index in [9.17, 15) is 8.42 Å². The van der Waals surface area contributed by atoms with Crippen molar-refractivity contribution in [3.05, 3.63) is 60.3 Å². The molecule has 1 unspecified atom stereocenters. The Morgan fingerprint density at radius 2 is 2.00 bits per heavy atom. The first kappa shape index (κ1) is 20.0. The predicted octanol–water partition coefficient (Wildman–Crippen LogP) is 3.77. The van der Waals surface area contributed by atoms with E-state index < -0.39 is 15.3 Å². The fraction of sp³-hybridized carbons (Fsp3) is 0.304. The quantitative estimate of drug-likeness (QED) is 0.658. The number of methoxy groups -OCH3 is 1. The van der Waals surface area contributed by atoms with Crippen molar-refractivity contribution in [1.82, 2.24) is 19.5 Å². The maximum absolute atomic E-state index is 13.0. The molecule has 1 aromatic carbocycles. The molecule has 0 radical (unpaired) electrons. The van der Waals surface area contributed by atoms with Crippen molar-refractivity contribution in [3.63, 3.8) is 0 Å². The van der Waals surface area contributed by atoms with Gasteiger partial charge in [-0.25, -0.2) is 17.7 Å². The summed E-state index contributed by atoms with van der Waals surface area (Å²) in [4.78, 5) is 4.51. The second-order valence-corrected chi connectivity index (χ2v) is 10.0. The summed E-state index contributed by atoms with van der Waals surface area (Å²) in [6.45, 7) is 1.24. The summed E-state index contributed by atoms with van der Waals surface area (Å²) in [7, 11) is -1.70. The molecule has 2 aromatic heterocycles. The summed E-state index contributed by atoms with van der Waals surface area (Å²) in [6.07, 6.45) is 9.68. The second-order valence-electron chi connectivity index (χ2n) is 7.86. The van der Waals surface area contributed by atoms with E-state index in [1.807, 2.05) is 42.5 Å². The van der Waals surface area contributed by atoms with Crippen LogP contribution in [-0.4, -0.2) is 53.4 Å². The van der Waals surface area contributed by atoms with Crippen LogP contribution in [0.1, 0.15) is 24.8 Å². The molecule has 1 atom stereocenters. The van der Waals surface area contributed by atoms with Crippen LogP contribution in [0.3, 0.4) is 0 Å². The van der Waals surface area contributed by atoms with Gasteiger partial charge in [0.15, 0.2) is 5.65 Å². The number of benzene rings is 1. The number of hydrogen-bond donors (Lipinski definition) is 1. The Morgan fingerprint density at radius 3 is 2.81 bits per heavy atom. The number of hydrogen-bond acceptors (Lipinski definition) is 5. The van der Waals surface area contributed by atoms with E-state index in [-0.39, 0.29) is 0 Å². The van der Waals surface area contributed by atoms with E-state index in [1.165, 1.54) is 0 Å². The topological polar surface area (TPSA) is 88.2 Å². The van der Waals surface area contributed by atoms with Gasteiger partial charge >= 0.3 is 0 Å². The zero-order chi connectivity index (χ0) is 21.4. The summed E-state index contributed by atoms with van der Waals surface area (Å²) >= 11 is 0. The maximum Gasteiger partial charge on any atom is 0.220 e. The fourth-order valence-electron chi connectivity index (χ4n) is 4.33. The third-order valence-electron chi connectivity index (χ3n) is 6.01. The normalized spacial score (nSPS) is 19.6. The zero-order valence-electron chi connectivity index (χ0n) is 17.3. The molecular weight excluding hydrogens is 412 g/mol. The van der Waals surface area contributed by atoms with E-state index >= 15 is 0 Å². The van der Waals surface area contributed by atoms with Gasteiger partial charge in [0.2, 0.25) is 10.0 Å². The zero-order valence-corrected chi connectivity index (χ0v) is 18.1. The Bertz CT molecular complexity index is 1290. The van der Waals surface area contributed by atoms with Crippen LogP contribution in [0.4, 0.5) is 0 Å². The molecule has 160 valence electrons. The van der Waals surface area contributed by atoms with Gasteiger partial charge in [-0.15, -0.1) is 0 Å². The van der Waals surface area contributed by atoms with Crippen molar-refractivity contribution in [3.8, 4) is 17.0 Å². The number of fused-ring (bicyclic) bond motifs is 1. The Balaban J connectivity index is 1.50. The monoisotopic (exact) mass is 436 g/mol. The molecule has 0 amide bonds. The Hall–Kier alpha value is -2.97. The largest absolute Gasteiger partial charge is 0.496 e. The number of rotatable bonds is 5. The van der Waals surface area contributed by atoms with E-state index in [0.717, 1.165) is 46.4 Å². The van der Waals surface area contributed by atoms with Crippen LogP contribution in [-0.2, 0) is 10.0 Å². The van der Waals surface area contributed by atoms with Crippen molar-refractivity contribution in [1.29, 1.82) is 0 Å². The number of H-pyrrole nitrogens is 1. The van der Waals surface area contributed by atoms with Gasteiger partial charge in [0.25, 0.3) is 0 Å². The molecule has 2 aliphatic rings. The molecule has 31 heavy (non-hydrogen) atoms. The number of nitrogens with one attached hydrogen (secondary N) is 1. The van der Waals surface area contributed by atoms with Crippen molar-refractivity contribution in [2.75, 3.05) is 20.2 Å². The average Bonchev–Trinajstić information content (AvgIpc) is 3.49. The molecule has 0 saturated carbocycles. The van der Waals surface area contributed by atoms with E-state index in [0.29, 0.717) is 25.2 Å². The third-order valence-corrected chi connectivity index (χ3v) is 8.18. The lowest BCUT2D eigenvalue weighted by atomic mass is 9.97. The molecule has 3 heterocycles. The van der Waals surface area contributed by atoms with E-state index in [4.69, 9.17) is 4.74 Å². The summed E-state index contributed by atoms with van der Waals surface area (Å²) in [6, 6.07) is 9.77. The lowest BCUT2D eigenvalue weighted by molar-refractivity contribution is 0.416. The van der Waals surface area contributed by atoms with Gasteiger partial charge in [-0.1, -0.05) is 30.4 Å². The van der Waals surface area contributed by atoms with Crippen molar-refractivity contribution >= 4 is 26.6 Å². The highest BCUT2D eigenvalue weighted by atomic mass is 32.2. The summed E-state index contributed by atoms with van der Waals surface area (Å²) < 4.78 is 33.2. The predicted molar refractivity (Wildman–Crippen MR) is 121 cm³/mol. The van der Waals surface area contributed by atoms with Crippen LogP contribution in [0, 0.1) is 0 Å². The molecule has 5 rings (SSSR count). The first-order chi connectivity index (χ1) is 15.1. The summed E-state index contributed by atoms with van der Waals surface area (Å²) in [5.74, 6) is 0.745. The molecule has 1 saturated heterocycles. The van der Waals surface area contributed by atoms with E-state index in [2.05, 4.69) is 15.2 Å².